The molecule has 2 heterocycles. The summed E-state index contributed by atoms with van der Waals surface area (Å²) >= 11 is 0. The van der Waals surface area contributed by atoms with E-state index in [0.29, 0.717) is 68.8 Å². The maximum atomic E-state index is 13.9. The lowest BCUT2D eigenvalue weighted by atomic mass is 9.77. The molecule has 5 rings (SSSR count). The molecular formula is C35H48N4O5. The zero-order valence-corrected chi connectivity index (χ0v) is 26.4. The van der Waals surface area contributed by atoms with Crippen LogP contribution in [0.2, 0.25) is 0 Å². The first kappa shape index (κ1) is 32.0. The number of aliphatic hydroxyl groups is 1. The molecule has 3 amide bonds. The summed E-state index contributed by atoms with van der Waals surface area (Å²) in [5.74, 6) is 1.14. The standard InChI is InChI=1S/C35H48N4O5/c1-4-5-21-39-32(41)30(24-34(43)17-7-6-8-18-34)37-33(42)35(39)19-22-38(23-20-35)25(2)26-9-13-28(14-10-26)44-29-15-11-27(12-16-29)31(40)36-3/h9-16,25,30,43H,4-8,17-24H2,1-3H3,(H,36,40)(H,37,42)/t25?,30-/m1/s1. The molecular weight excluding hydrogens is 556 g/mol. The smallest absolute Gasteiger partial charge is 0.251 e. The largest absolute Gasteiger partial charge is 0.457 e. The maximum Gasteiger partial charge on any atom is 0.251 e. The van der Waals surface area contributed by atoms with E-state index in [0.717, 1.165) is 37.7 Å². The first-order valence-electron chi connectivity index (χ1n) is 16.4. The molecule has 2 saturated heterocycles. The van der Waals surface area contributed by atoms with Crippen LogP contribution in [0.25, 0.3) is 0 Å². The minimum Gasteiger partial charge on any atom is -0.457 e. The summed E-state index contributed by atoms with van der Waals surface area (Å²) in [4.78, 5) is 43.7. The fourth-order valence-corrected chi connectivity index (χ4v) is 7.21. The molecule has 3 fully saturated rings. The molecule has 1 aliphatic carbocycles. The molecule has 2 atom stereocenters. The zero-order valence-electron chi connectivity index (χ0n) is 26.4. The molecule has 1 spiro atoms. The second-order valence-corrected chi connectivity index (χ2v) is 12.9. The third kappa shape index (κ3) is 6.79. The molecule has 0 radical (unpaired) electrons. The number of amides is 3. The summed E-state index contributed by atoms with van der Waals surface area (Å²) in [6.45, 7) is 6.26. The number of hydrogen-bond donors (Lipinski definition) is 3. The van der Waals surface area contributed by atoms with E-state index in [1.54, 1.807) is 31.3 Å². The van der Waals surface area contributed by atoms with E-state index in [1.807, 2.05) is 17.0 Å². The molecule has 238 valence electrons. The molecule has 2 aliphatic heterocycles. The second-order valence-electron chi connectivity index (χ2n) is 12.9. The van der Waals surface area contributed by atoms with Crippen LogP contribution in [0.3, 0.4) is 0 Å². The summed E-state index contributed by atoms with van der Waals surface area (Å²) in [5, 5.41) is 16.9. The number of piperazine rings is 1. The predicted octanol–water partition coefficient (Wildman–Crippen LogP) is 4.95. The van der Waals surface area contributed by atoms with Gasteiger partial charge in [-0.25, -0.2) is 0 Å². The first-order valence-corrected chi connectivity index (χ1v) is 16.4. The van der Waals surface area contributed by atoms with E-state index in [1.165, 1.54) is 0 Å². The highest BCUT2D eigenvalue weighted by Gasteiger charge is 2.54. The highest BCUT2D eigenvalue weighted by atomic mass is 16.5. The number of carbonyl (C=O) groups excluding carboxylic acids is 3. The summed E-state index contributed by atoms with van der Waals surface area (Å²) in [6, 6.07) is 14.5. The Balaban J connectivity index is 1.22. The average molecular weight is 605 g/mol. The second kappa shape index (κ2) is 13.7. The van der Waals surface area contributed by atoms with Crippen molar-refractivity contribution in [2.45, 2.75) is 101 Å². The van der Waals surface area contributed by atoms with E-state index >= 15 is 0 Å². The van der Waals surface area contributed by atoms with E-state index in [2.05, 4.69) is 41.5 Å². The highest BCUT2D eigenvalue weighted by molar-refractivity contribution is 6.00. The van der Waals surface area contributed by atoms with Crippen molar-refractivity contribution in [1.82, 2.24) is 20.4 Å². The van der Waals surface area contributed by atoms with Crippen molar-refractivity contribution in [2.24, 2.45) is 0 Å². The van der Waals surface area contributed by atoms with Crippen LogP contribution in [0.1, 0.15) is 100 Å². The number of hydrogen-bond acceptors (Lipinski definition) is 6. The van der Waals surface area contributed by atoms with Crippen LogP contribution >= 0.6 is 0 Å². The third-order valence-corrected chi connectivity index (χ3v) is 10.0. The Labute approximate surface area is 261 Å². The van der Waals surface area contributed by atoms with Gasteiger partial charge in [0.05, 0.1) is 5.60 Å². The zero-order chi connectivity index (χ0) is 31.3. The van der Waals surface area contributed by atoms with Crippen molar-refractivity contribution < 1.29 is 24.2 Å². The molecule has 2 aromatic carbocycles. The topological polar surface area (TPSA) is 111 Å². The van der Waals surface area contributed by atoms with Crippen LogP contribution in [0, 0.1) is 0 Å². The molecule has 9 heteroatoms. The number of nitrogens with one attached hydrogen (secondary N) is 2. The third-order valence-electron chi connectivity index (χ3n) is 10.0. The molecule has 3 aliphatic rings. The molecule has 2 aromatic rings. The summed E-state index contributed by atoms with van der Waals surface area (Å²) < 4.78 is 5.99. The summed E-state index contributed by atoms with van der Waals surface area (Å²) in [5.41, 5.74) is 0.0211. The van der Waals surface area contributed by atoms with Gasteiger partial charge in [0.2, 0.25) is 11.8 Å². The van der Waals surface area contributed by atoms with Crippen LogP contribution in [-0.2, 0) is 9.59 Å². The Morgan fingerprint density at radius 2 is 1.61 bits per heavy atom. The van der Waals surface area contributed by atoms with Gasteiger partial charge in [0, 0.05) is 44.7 Å². The summed E-state index contributed by atoms with van der Waals surface area (Å²) in [7, 11) is 1.60. The number of benzene rings is 2. The van der Waals surface area contributed by atoms with Gasteiger partial charge in [-0.15, -0.1) is 0 Å². The Morgan fingerprint density at radius 1 is 1.00 bits per heavy atom. The molecule has 0 aromatic heterocycles. The fraction of sp³-hybridized carbons (Fsp3) is 0.571. The lowest BCUT2D eigenvalue weighted by molar-refractivity contribution is -0.164. The lowest BCUT2D eigenvalue weighted by Gasteiger charge is -2.53. The number of rotatable bonds is 10. The normalized spacial score (nSPS) is 22.4. The highest BCUT2D eigenvalue weighted by Crippen LogP contribution is 2.39. The van der Waals surface area contributed by atoms with Crippen molar-refractivity contribution in [3.05, 3.63) is 59.7 Å². The van der Waals surface area contributed by atoms with Gasteiger partial charge in [0.15, 0.2) is 0 Å². The first-order chi connectivity index (χ1) is 21.2. The quantitative estimate of drug-likeness (QED) is 0.354. The molecule has 9 nitrogen and oxygen atoms in total. The number of carbonyl (C=O) groups is 3. The van der Waals surface area contributed by atoms with Gasteiger partial charge >= 0.3 is 0 Å². The number of likely N-dealkylation sites (tertiary alicyclic amines) is 1. The monoisotopic (exact) mass is 604 g/mol. The molecule has 3 N–H and O–H groups in total. The number of unbranched alkanes of at least 4 members (excludes halogenated alkanes) is 1. The SMILES string of the molecule is CCCCN1C(=O)[C@@H](CC2(O)CCCCC2)NC(=O)C12CCN(C(C)c1ccc(Oc3ccc(C(=O)NC)cc3)cc1)CC2. The van der Waals surface area contributed by atoms with Gasteiger partial charge in [0.25, 0.3) is 5.91 Å². The van der Waals surface area contributed by atoms with Crippen LogP contribution in [-0.4, -0.2) is 76.5 Å². The molecule has 1 saturated carbocycles. The van der Waals surface area contributed by atoms with Gasteiger partial charge in [0.1, 0.15) is 23.1 Å². The minimum atomic E-state index is -0.871. The van der Waals surface area contributed by atoms with Crippen molar-refractivity contribution >= 4 is 17.7 Å². The van der Waals surface area contributed by atoms with Gasteiger partial charge < -0.3 is 25.4 Å². The molecule has 44 heavy (non-hydrogen) atoms. The van der Waals surface area contributed by atoms with E-state index in [4.69, 9.17) is 4.74 Å². The number of nitrogens with zero attached hydrogens (tertiary/aromatic N) is 2. The summed E-state index contributed by atoms with van der Waals surface area (Å²) in [6.07, 6.45) is 7.70. The molecule has 1 unspecified atom stereocenters. The van der Waals surface area contributed by atoms with Crippen molar-refractivity contribution in [2.75, 3.05) is 26.7 Å². The van der Waals surface area contributed by atoms with Gasteiger partial charge in [-0.05, 0) is 81.0 Å². The van der Waals surface area contributed by atoms with E-state index < -0.39 is 17.2 Å². The molecule has 0 bridgehead atoms. The van der Waals surface area contributed by atoms with Gasteiger partial charge in [-0.1, -0.05) is 44.7 Å². The number of ether oxygens (including phenoxy) is 1. The van der Waals surface area contributed by atoms with Crippen LogP contribution in [0.4, 0.5) is 0 Å². The van der Waals surface area contributed by atoms with E-state index in [9.17, 15) is 19.5 Å². The van der Waals surface area contributed by atoms with Gasteiger partial charge in [-0.2, -0.15) is 0 Å². The van der Waals surface area contributed by atoms with E-state index in [-0.39, 0.29) is 23.8 Å². The van der Waals surface area contributed by atoms with Crippen molar-refractivity contribution in [1.29, 1.82) is 0 Å². The number of piperidine rings is 1. The lowest BCUT2D eigenvalue weighted by Crippen LogP contribution is -2.73. The minimum absolute atomic E-state index is 0.0302. The van der Waals surface area contributed by atoms with Crippen LogP contribution in [0.5, 0.6) is 11.5 Å². The van der Waals surface area contributed by atoms with Gasteiger partial charge in [-0.3, -0.25) is 19.3 Å². The van der Waals surface area contributed by atoms with Crippen molar-refractivity contribution in [3.63, 3.8) is 0 Å². The Bertz CT molecular complexity index is 1300. The average Bonchev–Trinajstić information content (AvgIpc) is 3.04. The Morgan fingerprint density at radius 3 is 2.20 bits per heavy atom. The van der Waals surface area contributed by atoms with Crippen LogP contribution < -0.4 is 15.4 Å². The maximum absolute atomic E-state index is 13.9. The van der Waals surface area contributed by atoms with Crippen molar-refractivity contribution in [3.8, 4) is 11.5 Å². The predicted molar refractivity (Wildman–Crippen MR) is 170 cm³/mol. The Hall–Kier alpha value is -3.43. The van der Waals surface area contributed by atoms with Crippen LogP contribution in [0.15, 0.2) is 48.5 Å². The Kier molecular flexibility index (Phi) is 9.95. The fourth-order valence-electron chi connectivity index (χ4n) is 7.21.